The van der Waals surface area contributed by atoms with E-state index < -0.39 is 11.7 Å². The van der Waals surface area contributed by atoms with Gasteiger partial charge < -0.3 is 10.2 Å². The largest absolute Gasteiger partial charge is 0.416 e. The molecule has 0 saturated heterocycles. The summed E-state index contributed by atoms with van der Waals surface area (Å²) in [7, 11) is 5.42. The van der Waals surface area contributed by atoms with Crippen molar-refractivity contribution in [1.29, 1.82) is 0 Å². The van der Waals surface area contributed by atoms with Crippen molar-refractivity contribution in [2.75, 3.05) is 26.0 Å². The standard InChI is InChI=1S/C17H18BrF3N6/c1-26(2)12(10-5-4-6-11(7-10)17(19,20)21)8-22-15-13-14(18)25-27(3)16(13)24-9-23-15/h4-7,9,12H,8H2,1-3H3,(H,22,23,24). The van der Waals surface area contributed by atoms with E-state index in [9.17, 15) is 13.2 Å². The van der Waals surface area contributed by atoms with Gasteiger partial charge in [-0.1, -0.05) is 12.1 Å². The first-order valence-electron chi connectivity index (χ1n) is 8.09. The van der Waals surface area contributed by atoms with Crippen LogP contribution < -0.4 is 5.32 Å². The third kappa shape index (κ3) is 4.06. The normalized spacial score (nSPS) is 13.3. The van der Waals surface area contributed by atoms with E-state index in [1.807, 2.05) is 19.0 Å². The van der Waals surface area contributed by atoms with Gasteiger partial charge in [-0.05, 0) is 47.7 Å². The van der Waals surface area contributed by atoms with Gasteiger partial charge >= 0.3 is 6.18 Å². The summed E-state index contributed by atoms with van der Waals surface area (Å²) >= 11 is 3.39. The number of aromatic nitrogens is 4. The fraction of sp³-hybridized carbons (Fsp3) is 0.353. The zero-order valence-corrected chi connectivity index (χ0v) is 16.5. The number of anilines is 1. The van der Waals surface area contributed by atoms with Gasteiger partial charge in [0.2, 0.25) is 0 Å². The van der Waals surface area contributed by atoms with Gasteiger partial charge in [0.1, 0.15) is 16.7 Å². The van der Waals surface area contributed by atoms with Gasteiger partial charge in [-0.2, -0.15) is 18.3 Å². The van der Waals surface area contributed by atoms with Crippen LogP contribution in [0.2, 0.25) is 0 Å². The molecule has 0 saturated carbocycles. The lowest BCUT2D eigenvalue weighted by Gasteiger charge is -2.26. The second kappa shape index (κ2) is 7.43. The molecule has 144 valence electrons. The second-order valence-corrected chi connectivity index (χ2v) is 7.07. The predicted molar refractivity (Wildman–Crippen MR) is 100 cm³/mol. The Labute approximate surface area is 162 Å². The number of benzene rings is 1. The van der Waals surface area contributed by atoms with Crippen molar-refractivity contribution in [3.05, 3.63) is 46.3 Å². The van der Waals surface area contributed by atoms with Crippen molar-refractivity contribution in [1.82, 2.24) is 24.6 Å². The number of alkyl halides is 3. The van der Waals surface area contributed by atoms with Crippen LogP contribution in [0.3, 0.4) is 0 Å². The molecule has 1 atom stereocenters. The van der Waals surface area contributed by atoms with Crippen molar-refractivity contribution in [2.24, 2.45) is 7.05 Å². The Morgan fingerprint density at radius 3 is 2.67 bits per heavy atom. The number of hydrogen-bond acceptors (Lipinski definition) is 5. The molecule has 0 aliphatic heterocycles. The summed E-state index contributed by atoms with van der Waals surface area (Å²) in [6.07, 6.45) is -2.95. The minimum atomic E-state index is -4.38. The van der Waals surface area contributed by atoms with Crippen LogP contribution in [0.5, 0.6) is 0 Å². The lowest BCUT2D eigenvalue weighted by Crippen LogP contribution is -2.27. The van der Waals surface area contributed by atoms with E-state index in [4.69, 9.17) is 0 Å². The van der Waals surface area contributed by atoms with Crippen LogP contribution in [0.1, 0.15) is 17.2 Å². The topological polar surface area (TPSA) is 58.9 Å². The molecule has 1 aromatic carbocycles. The highest BCUT2D eigenvalue weighted by Crippen LogP contribution is 2.32. The van der Waals surface area contributed by atoms with Crippen LogP contribution in [0, 0.1) is 0 Å². The molecule has 0 spiro atoms. The molecular formula is C17H18BrF3N6. The van der Waals surface area contributed by atoms with Crippen molar-refractivity contribution >= 4 is 32.8 Å². The molecule has 0 radical (unpaired) electrons. The second-order valence-electron chi connectivity index (χ2n) is 6.32. The molecule has 1 unspecified atom stereocenters. The minimum absolute atomic E-state index is 0.284. The highest BCUT2D eigenvalue weighted by atomic mass is 79.9. The summed E-state index contributed by atoms with van der Waals surface area (Å²) in [6, 6.07) is 5.09. The summed E-state index contributed by atoms with van der Waals surface area (Å²) in [5.74, 6) is 0.568. The number of hydrogen-bond donors (Lipinski definition) is 1. The zero-order chi connectivity index (χ0) is 19.8. The molecule has 2 heterocycles. The number of halogens is 4. The molecule has 0 aliphatic rings. The SMILES string of the molecule is CN(C)C(CNc1ncnc2c1c(Br)nn2C)c1cccc(C(F)(F)F)c1. The summed E-state index contributed by atoms with van der Waals surface area (Å²) < 4.78 is 41.4. The molecule has 10 heteroatoms. The maximum Gasteiger partial charge on any atom is 0.416 e. The lowest BCUT2D eigenvalue weighted by molar-refractivity contribution is -0.137. The monoisotopic (exact) mass is 442 g/mol. The highest BCUT2D eigenvalue weighted by molar-refractivity contribution is 9.10. The van der Waals surface area contributed by atoms with Gasteiger partial charge in [0.05, 0.1) is 17.0 Å². The van der Waals surface area contributed by atoms with Crippen LogP contribution in [-0.4, -0.2) is 45.3 Å². The van der Waals surface area contributed by atoms with E-state index in [1.165, 1.54) is 18.5 Å². The van der Waals surface area contributed by atoms with Crippen molar-refractivity contribution in [2.45, 2.75) is 12.2 Å². The molecule has 27 heavy (non-hydrogen) atoms. The summed E-state index contributed by atoms with van der Waals surface area (Å²) in [5.41, 5.74) is 0.559. The minimum Gasteiger partial charge on any atom is -0.367 e. The Balaban J connectivity index is 1.89. The summed E-state index contributed by atoms with van der Waals surface area (Å²) in [4.78, 5) is 10.3. The highest BCUT2D eigenvalue weighted by Gasteiger charge is 2.31. The fourth-order valence-corrected chi connectivity index (χ4v) is 3.49. The number of likely N-dealkylation sites (N-methyl/N-ethyl adjacent to an activating group) is 1. The maximum atomic E-state index is 13.0. The van der Waals surface area contributed by atoms with Gasteiger partial charge in [0.15, 0.2) is 5.65 Å². The van der Waals surface area contributed by atoms with Gasteiger partial charge in [0.25, 0.3) is 0 Å². The van der Waals surface area contributed by atoms with Crippen molar-refractivity contribution in [3.8, 4) is 0 Å². The number of aryl methyl sites for hydroxylation is 1. The Hall–Kier alpha value is -2.20. The van der Waals surface area contributed by atoms with Gasteiger partial charge in [-0.25, -0.2) is 14.6 Å². The van der Waals surface area contributed by atoms with E-state index in [1.54, 1.807) is 17.8 Å². The first-order valence-corrected chi connectivity index (χ1v) is 8.88. The first kappa shape index (κ1) is 19.6. The Morgan fingerprint density at radius 2 is 2.00 bits per heavy atom. The fourth-order valence-electron chi connectivity index (χ4n) is 2.89. The van der Waals surface area contributed by atoms with E-state index >= 15 is 0 Å². The summed E-state index contributed by atoms with van der Waals surface area (Å²) in [6.45, 7) is 0.363. The quantitative estimate of drug-likeness (QED) is 0.649. The average molecular weight is 443 g/mol. The van der Waals surface area contributed by atoms with Crippen LogP contribution in [-0.2, 0) is 13.2 Å². The molecular weight excluding hydrogens is 425 g/mol. The number of rotatable bonds is 5. The smallest absolute Gasteiger partial charge is 0.367 e. The van der Waals surface area contributed by atoms with Crippen LogP contribution in [0.4, 0.5) is 19.0 Å². The van der Waals surface area contributed by atoms with E-state index in [0.29, 0.717) is 28.2 Å². The molecule has 0 amide bonds. The van der Waals surface area contributed by atoms with Gasteiger partial charge in [0, 0.05) is 13.6 Å². The molecule has 3 rings (SSSR count). The van der Waals surface area contributed by atoms with Crippen molar-refractivity contribution in [3.63, 3.8) is 0 Å². The van der Waals surface area contributed by atoms with Crippen LogP contribution >= 0.6 is 15.9 Å². The molecule has 0 aliphatic carbocycles. The third-order valence-corrected chi connectivity index (χ3v) is 4.82. The number of nitrogens with one attached hydrogen (secondary N) is 1. The van der Waals surface area contributed by atoms with E-state index in [2.05, 4.69) is 36.3 Å². The lowest BCUT2D eigenvalue weighted by atomic mass is 10.0. The average Bonchev–Trinajstić information content (AvgIpc) is 2.89. The summed E-state index contributed by atoms with van der Waals surface area (Å²) in [5, 5.41) is 8.21. The zero-order valence-electron chi connectivity index (χ0n) is 14.9. The molecule has 3 aromatic rings. The Kier molecular flexibility index (Phi) is 5.38. The molecule has 1 N–H and O–H groups in total. The van der Waals surface area contributed by atoms with Crippen LogP contribution in [0.15, 0.2) is 35.2 Å². The van der Waals surface area contributed by atoms with Crippen LogP contribution in [0.25, 0.3) is 11.0 Å². The number of fused-ring (bicyclic) bond motifs is 1. The Bertz CT molecular complexity index is 953. The Morgan fingerprint density at radius 1 is 1.26 bits per heavy atom. The molecule has 0 fully saturated rings. The maximum absolute atomic E-state index is 13.0. The molecule has 0 bridgehead atoms. The predicted octanol–water partition coefficient (Wildman–Crippen LogP) is 3.86. The molecule has 2 aromatic heterocycles. The number of nitrogens with zero attached hydrogens (tertiary/aromatic N) is 5. The first-order chi connectivity index (χ1) is 12.7. The third-order valence-electron chi connectivity index (χ3n) is 4.26. The van der Waals surface area contributed by atoms with Gasteiger partial charge in [-0.15, -0.1) is 0 Å². The van der Waals surface area contributed by atoms with Crippen molar-refractivity contribution < 1.29 is 13.2 Å². The van der Waals surface area contributed by atoms with Gasteiger partial charge in [-0.3, -0.25) is 0 Å². The molecule has 6 nitrogen and oxygen atoms in total. The van der Waals surface area contributed by atoms with E-state index in [0.717, 1.165) is 11.5 Å². The van der Waals surface area contributed by atoms with E-state index in [-0.39, 0.29) is 6.04 Å².